The van der Waals surface area contributed by atoms with Gasteiger partial charge < -0.3 is 19.9 Å². The predicted molar refractivity (Wildman–Crippen MR) is 168 cm³/mol. The minimum Gasteiger partial charge on any atom is -0.480 e. The molecule has 0 bridgehead atoms. The van der Waals surface area contributed by atoms with Crippen LogP contribution < -0.4 is 10.9 Å². The number of aromatic nitrogens is 1. The van der Waals surface area contributed by atoms with Gasteiger partial charge in [-0.05, 0) is 65.8 Å². The van der Waals surface area contributed by atoms with Gasteiger partial charge in [0.15, 0.2) is 0 Å². The first-order chi connectivity index (χ1) is 23.3. The maximum Gasteiger partial charge on any atom is 0.417 e. The van der Waals surface area contributed by atoms with Gasteiger partial charge in [-0.15, -0.1) is 0 Å². The molecule has 0 radical (unpaired) electrons. The van der Waals surface area contributed by atoms with Crippen LogP contribution >= 0.6 is 0 Å². The van der Waals surface area contributed by atoms with Crippen LogP contribution in [0.5, 0.6) is 0 Å². The molecule has 5 aromatic rings. The Labute approximate surface area is 278 Å². The lowest BCUT2D eigenvalue weighted by Gasteiger charge is -2.21. The van der Waals surface area contributed by atoms with Crippen molar-refractivity contribution >= 4 is 33.6 Å². The molecule has 1 heterocycles. The van der Waals surface area contributed by atoms with E-state index in [2.05, 4.69) is 0 Å². The number of benzene rings is 4. The quantitative estimate of drug-likeness (QED) is 0.167. The lowest BCUT2D eigenvalue weighted by Crippen LogP contribution is -2.43. The summed E-state index contributed by atoms with van der Waals surface area (Å²) in [5, 5.41) is 11.9. The second-order valence-corrected chi connectivity index (χ2v) is 11.9. The number of aliphatic carboxylic acids is 1. The van der Waals surface area contributed by atoms with Crippen molar-refractivity contribution in [1.29, 1.82) is 0 Å². The van der Waals surface area contributed by atoms with Crippen LogP contribution in [0.25, 0.3) is 32.8 Å². The van der Waals surface area contributed by atoms with E-state index < -0.39 is 76.1 Å². The van der Waals surface area contributed by atoms with Crippen LogP contribution in [0.1, 0.15) is 32.6 Å². The monoisotopic (exact) mass is 705 g/mol. The molecule has 2 N–H and O–H groups in total. The molecule has 4 aromatic carbocycles. The van der Waals surface area contributed by atoms with Crippen LogP contribution in [0.4, 0.5) is 35.1 Å². The third kappa shape index (κ3) is 6.90. The zero-order valence-corrected chi connectivity index (χ0v) is 26.4. The molecule has 1 atom stereocenters. The molecule has 0 saturated carbocycles. The SMILES string of the molecule is CN(C)Cc1ccc2c(c1)c(C(F)(F)F)c(-c1cccc3c(C[C@H](NC(=O)c4c(F)cc(C(F)(F)F)cc4F)C(=O)O)cccc13)c(=O)n2C. The van der Waals surface area contributed by atoms with Crippen LogP contribution in [0.2, 0.25) is 0 Å². The summed E-state index contributed by atoms with van der Waals surface area (Å²) in [5.74, 6) is -7.08. The second-order valence-electron chi connectivity index (χ2n) is 11.9. The molecule has 15 heteroatoms. The second kappa shape index (κ2) is 13.2. The number of hydrogen-bond donors (Lipinski definition) is 2. The van der Waals surface area contributed by atoms with Crippen LogP contribution in [0.3, 0.4) is 0 Å². The number of carbonyl (C=O) groups is 2. The summed E-state index contributed by atoms with van der Waals surface area (Å²) in [6, 6.07) is 10.7. The summed E-state index contributed by atoms with van der Waals surface area (Å²) < 4.78 is 114. The number of pyridine rings is 1. The number of halogens is 8. The van der Waals surface area contributed by atoms with E-state index in [1.807, 2.05) is 5.32 Å². The number of amides is 1. The molecule has 0 aliphatic rings. The molecule has 5 rings (SSSR count). The molecular formula is C35H27F8N3O4. The zero-order chi connectivity index (χ0) is 36.9. The van der Waals surface area contributed by atoms with E-state index in [0.717, 1.165) is 4.57 Å². The van der Waals surface area contributed by atoms with Crippen LogP contribution in [-0.2, 0) is 37.2 Å². The standard InChI is InChI=1S/C35H27F8N3O4/c1-45(2)16-17-10-11-27-23(12-17)30(35(41,42)43)28(32(48)46(27)3)22-9-5-7-20-18(6-4-8-21(20)22)13-26(33(49)50)44-31(47)29-24(36)14-19(15-25(29)37)34(38,39)40/h4-12,14-15,26H,13,16H2,1-3H3,(H,44,47)(H,49,50)/t26-/m0/s1. The number of fused-ring (bicyclic) bond motifs is 2. The Balaban J connectivity index is 1.62. The highest BCUT2D eigenvalue weighted by molar-refractivity contribution is 6.02. The van der Waals surface area contributed by atoms with Gasteiger partial charge in [-0.3, -0.25) is 9.59 Å². The third-order valence-electron chi connectivity index (χ3n) is 8.15. The van der Waals surface area contributed by atoms with E-state index in [0.29, 0.717) is 12.1 Å². The summed E-state index contributed by atoms with van der Waals surface area (Å²) in [4.78, 5) is 40.4. The molecular weight excluding hydrogens is 678 g/mol. The van der Waals surface area contributed by atoms with Crippen molar-refractivity contribution in [2.75, 3.05) is 14.1 Å². The number of alkyl halides is 6. The smallest absolute Gasteiger partial charge is 0.417 e. The predicted octanol–water partition coefficient (Wildman–Crippen LogP) is 7.16. The van der Waals surface area contributed by atoms with Crippen molar-refractivity contribution in [3.8, 4) is 11.1 Å². The summed E-state index contributed by atoms with van der Waals surface area (Å²) >= 11 is 0. The summed E-state index contributed by atoms with van der Waals surface area (Å²) in [7, 11) is 4.85. The fourth-order valence-electron chi connectivity index (χ4n) is 5.98. The van der Waals surface area contributed by atoms with Crippen LogP contribution in [0.15, 0.2) is 71.5 Å². The maximum atomic E-state index is 14.9. The van der Waals surface area contributed by atoms with Gasteiger partial charge in [0.1, 0.15) is 23.2 Å². The van der Waals surface area contributed by atoms with Gasteiger partial charge in [-0.25, -0.2) is 13.6 Å². The largest absolute Gasteiger partial charge is 0.480 e. The molecule has 7 nitrogen and oxygen atoms in total. The van der Waals surface area contributed by atoms with E-state index in [1.54, 1.807) is 25.1 Å². The molecule has 0 aliphatic carbocycles. The summed E-state index contributed by atoms with van der Waals surface area (Å²) in [6.45, 7) is 0.322. The lowest BCUT2D eigenvalue weighted by molar-refractivity contribution is -0.139. The van der Waals surface area contributed by atoms with Gasteiger partial charge >= 0.3 is 18.3 Å². The van der Waals surface area contributed by atoms with Crippen molar-refractivity contribution in [3.63, 3.8) is 0 Å². The summed E-state index contributed by atoms with van der Waals surface area (Å²) in [5.41, 5.74) is -5.23. The van der Waals surface area contributed by atoms with Crippen LogP contribution in [-0.4, -0.2) is 46.6 Å². The fraction of sp³-hybridized carbons (Fsp3) is 0.229. The van der Waals surface area contributed by atoms with Crippen LogP contribution in [0, 0.1) is 11.6 Å². The van der Waals surface area contributed by atoms with Crippen molar-refractivity contribution < 1.29 is 49.8 Å². The highest BCUT2D eigenvalue weighted by atomic mass is 19.4. The Morgan fingerprint density at radius 2 is 1.48 bits per heavy atom. The Morgan fingerprint density at radius 1 is 0.860 bits per heavy atom. The minimum absolute atomic E-state index is 0.0514. The van der Waals surface area contributed by atoms with Gasteiger partial charge in [0.05, 0.1) is 22.2 Å². The molecule has 262 valence electrons. The Kier molecular flexibility index (Phi) is 9.49. The van der Waals surface area contributed by atoms with Crippen molar-refractivity contribution in [1.82, 2.24) is 14.8 Å². The van der Waals surface area contributed by atoms with Gasteiger partial charge in [-0.2, -0.15) is 26.3 Å². The average Bonchev–Trinajstić information content (AvgIpc) is 3.00. The van der Waals surface area contributed by atoms with E-state index in [-0.39, 0.29) is 44.9 Å². The number of nitrogens with zero attached hydrogens (tertiary/aromatic N) is 2. The van der Waals surface area contributed by atoms with E-state index >= 15 is 0 Å². The number of carbonyl (C=O) groups excluding carboxylic acids is 1. The number of nitrogens with one attached hydrogen (secondary N) is 1. The first kappa shape index (κ1) is 36.0. The molecule has 50 heavy (non-hydrogen) atoms. The first-order valence-corrected chi connectivity index (χ1v) is 14.8. The van der Waals surface area contributed by atoms with Gasteiger partial charge in [0.25, 0.3) is 11.5 Å². The van der Waals surface area contributed by atoms with Crippen molar-refractivity contribution in [2.24, 2.45) is 7.05 Å². The molecule has 0 saturated heterocycles. The zero-order valence-electron chi connectivity index (χ0n) is 26.4. The van der Waals surface area contributed by atoms with E-state index in [1.165, 1.54) is 55.6 Å². The normalized spacial score (nSPS) is 12.9. The maximum absolute atomic E-state index is 14.9. The molecule has 0 unspecified atom stereocenters. The third-order valence-corrected chi connectivity index (χ3v) is 8.15. The van der Waals surface area contributed by atoms with E-state index in [9.17, 15) is 54.6 Å². The number of aryl methyl sites for hydroxylation is 1. The molecule has 1 aromatic heterocycles. The topological polar surface area (TPSA) is 91.6 Å². The molecule has 0 fully saturated rings. The van der Waals surface area contributed by atoms with Gasteiger partial charge in [0, 0.05) is 25.4 Å². The Bertz CT molecular complexity index is 2200. The van der Waals surface area contributed by atoms with Gasteiger partial charge in [-0.1, -0.05) is 42.5 Å². The molecule has 1 amide bonds. The highest BCUT2D eigenvalue weighted by Gasteiger charge is 2.39. The highest BCUT2D eigenvalue weighted by Crippen LogP contribution is 2.42. The number of rotatable bonds is 8. The minimum atomic E-state index is -5.12. The molecule has 0 aliphatic heterocycles. The molecule has 0 spiro atoms. The van der Waals surface area contributed by atoms with Gasteiger partial charge in [0.2, 0.25) is 0 Å². The number of hydrogen-bond acceptors (Lipinski definition) is 4. The fourth-order valence-corrected chi connectivity index (χ4v) is 5.98. The average molecular weight is 706 g/mol. The first-order valence-electron chi connectivity index (χ1n) is 14.8. The number of carboxylic acids is 1. The van der Waals surface area contributed by atoms with Crippen molar-refractivity contribution in [2.45, 2.75) is 31.4 Å². The number of carboxylic acid groups (broad SMARTS) is 1. The van der Waals surface area contributed by atoms with E-state index in [4.69, 9.17) is 0 Å². The lowest BCUT2D eigenvalue weighted by atomic mass is 9.90. The Morgan fingerprint density at radius 3 is 2.06 bits per heavy atom. The summed E-state index contributed by atoms with van der Waals surface area (Å²) in [6.07, 6.45) is -10.7. The van der Waals surface area contributed by atoms with Crippen molar-refractivity contribution in [3.05, 3.63) is 117 Å². The Hall–Kier alpha value is -5.31.